The number of aromatic nitrogens is 6. The highest BCUT2D eigenvalue weighted by Crippen LogP contribution is 2.36. The van der Waals surface area contributed by atoms with Gasteiger partial charge in [-0.15, -0.1) is 11.3 Å². The van der Waals surface area contributed by atoms with E-state index in [0.29, 0.717) is 0 Å². The molecule has 194 valence electrons. The van der Waals surface area contributed by atoms with Crippen LogP contribution in [0.3, 0.4) is 0 Å². The van der Waals surface area contributed by atoms with Crippen molar-refractivity contribution in [3.05, 3.63) is 71.6 Å². The molecule has 0 radical (unpaired) electrons. The number of nitrogens with one attached hydrogen (secondary N) is 2. The smallest absolute Gasteiger partial charge is 0.169 e. The first-order chi connectivity index (χ1) is 19.1. The molecule has 1 aliphatic heterocycles. The van der Waals surface area contributed by atoms with Gasteiger partial charge in [-0.25, -0.2) is 4.98 Å². The third-order valence-corrected chi connectivity index (χ3v) is 8.59. The van der Waals surface area contributed by atoms with E-state index in [1.165, 1.54) is 36.2 Å². The van der Waals surface area contributed by atoms with Crippen LogP contribution in [0, 0.1) is 0 Å². The SMILES string of the molecule is CC(=O)c1ccc(-c2cncc3[nH]c(-c4n[nH]c5ccc(-c6cncc(CN7CCCCC7)c6)nc45)cc23)s1. The summed E-state index contributed by atoms with van der Waals surface area (Å²) in [5.74, 6) is 0.0678. The van der Waals surface area contributed by atoms with Gasteiger partial charge in [0, 0.05) is 46.5 Å². The summed E-state index contributed by atoms with van der Waals surface area (Å²) in [5, 5.41) is 8.77. The fraction of sp³-hybridized carbons (Fsp3) is 0.233. The molecule has 0 bridgehead atoms. The van der Waals surface area contributed by atoms with Crippen LogP contribution >= 0.6 is 11.3 Å². The van der Waals surface area contributed by atoms with Gasteiger partial charge >= 0.3 is 0 Å². The predicted molar refractivity (Wildman–Crippen MR) is 155 cm³/mol. The van der Waals surface area contributed by atoms with Gasteiger partial charge in [0.2, 0.25) is 0 Å². The Hall–Kier alpha value is -4.21. The molecule has 6 aromatic rings. The molecule has 8 nitrogen and oxygen atoms in total. The van der Waals surface area contributed by atoms with Gasteiger partial charge in [-0.3, -0.25) is 24.8 Å². The number of hydrogen-bond acceptors (Lipinski definition) is 7. The van der Waals surface area contributed by atoms with Crippen molar-refractivity contribution in [2.45, 2.75) is 32.7 Å². The van der Waals surface area contributed by atoms with Crippen LogP contribution in [-0.4, -0.2) is 53.9 Å². The third kappa shape index (κ3) is 4.53. The van der Waals surface area contributed by atoms with E-state index in [0.717, 1.165) is 79.5 Å². The second-order valence-corrected chi connectivity index (χ2v) is 11.2. The number of piperidine rings is 1. The summed E-state index contributed by atoms with van der Waals surface area (Å²) in [4.78, 5) is 33.6. The summed E-state index contributed by atoms with van der Waals surface area (Å²) in [6.45, 7) is 4.81. The summed E-state index contributed by atoms with van der Waals surface area (Å²) < 4.78 is 0. The molecule has 0 atom stereocenters. The lowest BCUT2D eigenvalue weighted by atomic mass is 10.1. The van der Waals surface area contributed by atoms with E-state index in [1.807, 2.05) is 49.1 Å². The maximum atomic E-state index is 11.8. The van der Waals surface area contributed by atoms with Gasteiger partial charge in [-0.1, -0.05) is 6.42 Å². The Labute approximate surface area is 229 Å². The number of rotatable bonds is 6. The second kappa shape index (κ2) is 9.83. The average Bonchev–Trinajstić information content (AvgIpc) is 3.71. The van der Waals surface area contributed by atoms with Gasteiger partial charge in [0.25, 0.3) is 0 Å². The quantitative estimate of drug-likeness (QED) is 0.238. The molecule has 2 N–H and O–H groups in total. The largest absolute Gasteiger partial charge is 0.352 e. The van der Waals surface area contributed by atoms with E-state index in [-0.39, 0.29) is 5.78 Å². The number of hydrogen-bond donors (Lipinski definition) is 2. The number of carbonyl (C=O) groups excluding carboxylic acids is 1. The molecule has 6 aromatic heterocycles. The molecule has 9 heteroatoms. The summed E-state index contributed by atoms with van der Waals surface area (Å²) in [6, 6.07) is 12.2. The molecular weight excluding hydrogens is 506 g/mol. The van der Waals surface area contributed by atoms with Crippen molar-refractivity contribution in [3.8, 4) is 33.1 Å². The molecule has 0 saturated carbocycles. The Bertz CT molecular complexity index is 1830. The predicted octanol–water partition coefficient (Wildman–Crippen LogP) is 6.48. The number of likely N-dealkylation sites (tertiary alicyclic amines) is 1. The maximum absolute atomic E-state index is 11.8. The Balaban J connectivity index is 1.25. The molecule has 1 saturated heterocycles. The van der Waals surface area contributed by atoms with E-state index in [2.05, 4.69) is 42.2 Å². The van der Waals surface area contributed by atoms with Crippen LogP contribution in [-0.2, 0) is 6.54 Å². The zero-order valence-electron chi connectivity index (χ0n) is 21.6. The fourth-order valence-electron chi connectivity index (χ4n) is 5.38. The van der Waals surface area contributed by atoms with Crippen molar-refractivity contribution in [1.82, 2.24) is 35.0 Å². The van der Waals surface area contributed by atoms with Crippen molar-refractivity contribution >= 4 is 39.1 Å². The van der Waals surface area contributed by atoms with Crippen LogP contribution in [0.1, 0.15) is 41.4 Å². The molecular formula is C30H27N7OS. The van der Waals surface area contributed by atoms with Crippen molar-refractivity contribution in [3.63, 3.8) is 0 Å². The van der Waals surface area contributed by atoms with E-state index in [9.17, 15) is 4.79 Å². The summed E-state index contributed by atoms with van der Waals surface area (Å²) in [6.07, 6.45) is 11.4. The monoisotopic (exact) mass is 533 g/mol. The Kier molecular flexibility index (Phi) is 6.02. The van der Waals surface area contributed by atoms with E-state index in [4.69, 9.17) is 4.98 Å². The second-order valence-electron chi connectivity index (χ2n) is 10.1. The van der Waals surface area contributed by atoms with Crippen molar-refractivity contribution < 1.29 is 4.79 Å². The van der Waals surface area contributed by atoms with Crippen LogP contribution in [0.25, 0.3) is 55.0 Å². The molecule has 0 amide bonds. The zero-order chi connectivity index (χ0) is 26.3. The van der Waals surface area contributed by atoms with Crippen LogP contribution in [0.15, 0.2) is 61.2 Å². The minimum atomic E-state index is 0.0678. The maximum Gasteiger partial charge on any atom is 0.169 e. The lowest BCUT2D eigenvalue weighted by Gasteiger charge is -2.26. The van der Waals surface area contributed by atoms with Crippen LogP contribution < -0.4 is 0 Å². The molecule has 0 aromatic carbocycles. The first-order valence-electron chi connectivity index (χ1n) is 13.2. The number of carbonyl (C=O) groups is 1. The number of pyridine rings is 3. The Morgan fingerprint density at radius 3 is 2.69 bits per heavy atom. The molecule has 7 rings (SSSR count). The van der Waals surface area contributed by atoms with Crippen molar-refractivity contribution in [2.75, 3.05) is 13.1 Å². The molecule has 7 heterocycles. The van der Waals surface area contributed by atoms with Gasteiger partial charge in [0.05, 0.1) is 33.5 Å². The van der Waals surface area contributed by atoms with E-state index in [1.54, 1.807) is 6.92 Å². The minimum Gasteiger partial charge on any atom is -0.352 e. The van der Waals surface area contributed by atoms with Crippen LogP contribution in [0.2, 0.25) is 0 Å². The topological polar surface area (TPSA) is 103 Å². The first kappa shape index (κ1) is 23.9. The van der Waals surface area contributed by atoms with Crippen molar-refractivity contribution in [2.24, 2.45) is 0 Å². The molecule has 0 unspecified atom stereocenters. The highest BCUT2D eigenvalue weighted by atomic mass is 32.1. The van der Waals surface area contributed by atoms with Gasteiger partial charge in [-0.2, -0.15) is 5.10 Å². The van der Waals surface area contributed by atoms with Crippen LogP contribution in [0.5, 0.6) is 0 Å². The van der Waals surface area contributed by atoms with E-state index >= 15 is 0 Å². The average molecular weight is 534 g/mol. The zero-order valence-corrected chi connectivity index (χ0v) is 22.4. The Morgan fingerprint density at radius 1 is 0.974 bits per heavy atom. The molecule has 0 spiro atoms. The first-order valence-corrected chi connectivity index (χ1v) is 14.0. The number of thiophene rings is 1. The summed E-state index contributed by atoms with van der Waals surface area (Å²) >= 11 is 1.48. The normalized spacial score (nSPS) is 14.4. The standard InChI is InChI=1S/C30H27N7OS/c1-18(38)27-7-8-28(39-27)22-15-32-16-26-21(22)12-25(33-26)30-29-24(35-36-30)6-5-23(34-29)20-11-19(13-31-14-20)17-37-9-3-2-4-10-37/h5-8,11-16,33H,2-4,9-10,17H2,1H3,(H,35,36). The highest BCUT2D eigenvalue weighted by molar-refractivity contribution is 7.17. The molecule has 0 aliphatic carbocycles. The lowest BCUT2D eigenvalue weighted by Crippen LogP contribution is -2.29. The van der Waals surface area contributed by atoms with Crippen molar-refractivity contribution in [1.29, 1.82) is 0 Å². The number of ketones is 1. The number of nitrogens with zero attached hydrogens (tertiary/aromatic N) is 5. The van der Waals surface area contributed by atoms with E-state index < -0.39 is 0 Å². The minimum absolute atomic E-state index is 0.0678. The third-order valence-electron chi connectivity index (χ3n) is 7.37. The molecule has 1 aliphatic rings. The highest BCUT2D eigenvalue weighted by Gasteiger charge is 2.17. The van der Waals surface area contributed by atoms with Gasteiger partial charge in [-0.05, 0) is 74.8 Å². The van der Waals surface area contributed by atoms with Gasteiger partial charge in [0.15, 0.2) is 5.78 Å². The van der Waals surface area contributed by atoms with Gasteiger partial charge < -0.3 is 4.98 Å². The fourth-order valence-corrected chi connectivity index (χ4v) is 6.31. The van der Waals surface area contributed by atoms with Crippen LogP contribution in [0.4, 0.5) is 0 Å². The molecule has 39 heavy (non-hydrogen) atoms. The summed E-state index contributed by atoms with van der Waals surface area (Å²) in [7, 11) is 0. The Morgan fingerprint density at radius 2 is 1.85 bits per heavy atom. The number of Topliss-reactive ketones (excluding diaryl/α,β-unsaturated/α-hetero) is 1. The number of aromatic amines is 2. The van der Waals surface area contributed by atoms with Gasteiger partial charge in [0.1, 0.15) is 11.2 Å². The lowest BCUT2D eigenvalue weighted by molar-refractivity contribution is 0.102. The number of H-pyrrole nitrogens is 2. The number of fused-ring (bicyclic) bond motifs is 2. The summed E-state index contributed by atoms with van der Waals surface area (Å²) in [5.41, 5.74) is 8.24. The molecule has 1 fully saturated rings.